The standard InChI is InChI=1S/C21H32N2O2/c1-17(2)20(24)23-12-10-21(11-13-23)15-19(9-14-25-21)22(3)16-18-7-5-4-6-8-18/h4-8,17,19H,9-16H2,1-3H3. The van der Waals surface area contributed by atoms with Gasteiger partial charge in [0.1, 0.15) is 0 Å². The van der Waals surface area contributed by atoms with Crippen LogP contribution in [0.4, 0.5) is 0 Å². The van der Waals surface area contributed by atoms with E-state index >= 15 is 0 Å². The number of benzene rings is 1. The Bertz CT molecular complexity index is 565. The summed E-state index contributed by atoms with van der Waals surface area (Å²) in [6.45, 7) is 7.47. The Morgan fingerprint density at radius 2 is 1.96 bits per heavy atom. The molecule has 1 aromatic carbocycles. The van der Waals surface area contributed by atoms with E-state index in [1.165, 1.54) is 5.56 Å². The number of amides is 1. The number of hydrogen-bond acceptors (Lipinski definition) is 3. The first kappa shape index (κ1) is 18.4. The van der Waals surface area contributed by atoms with Crippen LogP contribution in [-0.4, -0.2) is 54.1 Å². The molecule has 2 heterocycles. The van der Waals surface area contributed by atoms with Gasteiger partial charge in [0.25, 0.3) is 0 Å². The third kappa shape index (κ3) is 4.42. The summed E-state index contributed by atoms with van der Waals surface area (Å²) in [6, 6.07) is 11.2. The molecule has 0 bridgehead atoms. The minimum atomic E-state index is -0.0262. The molecular weight excluding hydrogens is 312 g/mol. The van der Waals surface area contributed by atoms with Gasteiger partial charge in [-0.25, -0.2) is 0 Å². The van der Waals surface area contributed by atoms with Crippen LogP contribution in [0.25, 0.3) is 0 Å². The SMILES string of the molecule is CC(C)C(=O)N1CCC2(CC1)CC(N(C)Cc1ccccc1)CCO2. The summed E-state index contributed by atoms with van der Waals surface area (Å²) in [5, 5.41) is 0. The van der Waals surface area contributed by atoms with Crippen molar-refractivity contribution in [2.24, 2.45) is 5.92 Å². The van der Waals surface area contributed by atoms with Crippen molar-refractivity contribution in [1.82, 2.24) is 9.80 Å². The summed E-state index contributed by atoms with van der Waals surface area (Å²) in [5.74, 6) is 0.370. The van der Waals surface area contributed by atoms with Gasteiger partial charge in [-0.15, -0.1) is 0 Å². The summed E-state index contributed by atoms with van der Waals surface area (Å²) in [6.07, 6.45) is 4.13. The maximum atomic E-state index is 12.2. The van der Waals surface area contributed by atoms with E-state index in [2.05, 4.69) is 42.3 Å². The van der Waals surface area contributed by atoms with Crippen LogP contribution in [0.3, 0.4) is 0 Å². The second-order valence-corrected chi connectivity index (χ2v) is 8.06. The summed E-state index contributed by atoms with van der Waals surface area (Å²) < 4.78 is 6.26. The van der Waals surface area contributed by atoms with Crippen molar-refractivity contribution >= 4 is 5.91 Å². The van der Waals surface area contributed by atoms with E-state index in [4.69, 9.17) is 4.74 Å². The van der Waals surface area contributed by atoms with E-state index in [9.17, 15) is 4.79 Å². The molecule has 2 fully saturated rings. The molecule has 1 unspecified atom stereocenters. The quantitative estimate of drug-likeness (QED) is 0.840. The Hall–Kier alpha value is -1.39. The molecule has 0 saturated carbocycles. The Kier molecular flexibility index (Phi) is 5.80. The van der Waals surface area contributed by atoms with E-state index in [0.29, 0.717) is 6.04 Å². The number of hydrogen-bond donors (Lipinski definition) is 0. The van der Waals surface area contributed by atoms with E-state index in [-0.39, 0.29) is 17.4 Å². The second-order valence-electron chi connectivity index (χ2n) is 8.06. The third-order valence-electron chi connectivity index (χ3n) is 5.85. The molecule has 2 aliphatic heterocycles. The van der Waals surface area contributed by atoms with Gasteiger partial charge < -0.3 is 9.64 Å². The molecule has 0 radical (unpaired) electrons. The molecular formula is C21H32N2O2. The van der Waals surface area contributed by atoms with Crippen LogP contribution in [0.2, 0.25) is 0 Å². The molecule has 138 valence electrons. The van der Waals surface area contributed by atoms with Gasteiger partial charge in [0.15, 0.2) is 0 Å². The van der Waals surface area contributed by atoms with Crippen LogP contribution in [0.15, 0.2) is 30.3 Å². The largest absolute Gasteiger partial charge is 0.375 e. The molecule has 4 nitrogen and oxygen atoms in total. The van der Waals surface area contributed by atoms with Gasteiger partial charge in [0, 0.05) is 38.2 Å². The molecule has 0 N–H and O–H groups in total. The summed E-state index contributed by atoms with van der Waals surface area (Å²) >= 11 is 0. The zero-order valence-electron chi connectivity index (χ0n) is 15.9. The molecule has 0 aliphatic carbocycles. The molecule has 4 heteroatoms. The van der Waals surface area contributed by atoms with E-state index < -0.39 is 0 Å². The van der Waals surface area contributed by atoms with Crippen molar-refractivity contribution in [1.29, 1.82) is 0 Å². The van der Waals surface area contributed by atoms with Gasteiger partial charge in [-0.05, 0) is 38.3 Å². The van der Waals surface area contributed by atoms with Crippen LogP contribution >= 0.6 is 0 Å². The molecule has 25 heavy (non-hydrogen) atoms. The Morgan fingerprint density at radius 1 is 1.28 bits per heavy atom. The molecule has 0 aromatic heterocycles. The van der Waals surface area contributed by atoms with Gasteiger partial charge in [0.05, 0.1) is 5.60 Å². The monoisotopic (exact) mass is 344 g/mol. The number of piperidine rings is 1. The first-order chi connectivity index (χ1) is 12.0. The summed E-state index contributed by atoms with van der Waals surface area (Å²) in [5.41, 5.74) is 1.34. The van der Waals surface area contributed by atoms with Crippen molar-refractivity contribution in [3.05, 3.63) is 35.9 Å². The highest BCUT2D eigenvalue weighted by atomic mass is 16.5. The van der Waals surface area contributed by atoms with Crippen LogP contribution in [0.1, 0.15) is 45.1 Å². The zero-order chi connectivity index (χ0) is 17.9. The van der Waals surface area contributed by atoms with Crippen molar-refractivity contribution in [3.8, 4) is 0 Å². The lowest BCUT2D eigenvalue weighted by Gasteiger charge is -2.48. The molecule has 2 saturated heterocycles. The molecule has 1 atom stereocenters. The van der Waals surface area contributed by atoms with Gasteiger partial charge in [-0.1, -0.05) is 44.2 Å². The van der Waals surface area contributed by atoms with Gasteiger partial charge in [-0.3, -0.25) is 9.69 Å². The third-order valence-corrected chi connectivity index (χ3v) is 5.85. The van der Waals surface area contributed by atoms with Gasteiger partial charge in [0.2, 0.25) is 5.91 Å². The maximum Gasteiger partial charge on any atom is 0.225 e. The fourth-order valence-electron chi connectivity index (χ4n) is 4.23. The highest BCUT2D eigenvalue weighted by molar-refractivity contribution is 5.78. The van der Waals surface area contributed by atoms with Crippen LogP contribution < -0.4 is 0 Å². The lowest BCUT2D eigenvalue weighted by atomic mass is 9.81. The number of ether oxygens (including phenoxy) is 1. The number of carbonyl (C=O) groups is 1. The number of nitrogens with zero attached hydrogens (tertiary/aromatic N) is 2. The molecule has 3 rings (SSSR count). The minimum Gasteiger partial charge on any atom is -0.375 e. The predicted octanol–water partition coefficient (Wildman–Crippen LogP) is 3.31. The topological polar surface area (TPSA) is 32.8 Å². The van der Waals surface area contributed by atoms with Gasteiger partial charge in [-0.2, -0.15) is 0 Å². The summed E-state index contributed by atoms with van der Waals surface area (Å²) in [4.78, 5) is 16.7. The smallest absolute Gasteiger partial charge is 0.225 e. The van der Waals surface area contributed by atoms with Crippen molar-refractivity contribution in [2.75, 3.05) is 26.7 Å². The Morgan fingerprint density at radius 3 is 2.60 bits per heavy atom. The molecule has 1 amide bonds. The van der Waals surface area contributed by atoms with E-state index in [1.54, 1.807) is 0 Å². The average Bonchev–Trinajstić information content (AvgIpc) is 2.62. The fraction of sp³-hybridized carbons (Fsp3) is 0.667. The lowest BCUT2D eigenvalue weighted by molar-refractivity contribution is -0.151. The van der Waals surface area contributed by atoms with Crippen LogP contribution in [0, 0.1) is 5.92 Å². The number of rotatable bonds is 4. The minimum absolute atomic E-state index is 0.0262. The normalized spacial score (nSPS) is 23.4. The van der Waals surface area contributed by atoms with Gasteiger partial charge >= 0.3 is 0 Å². The number of carbonyl (C=O) groups excluding carboxylic acids is 1. The first-order valence-electron chi connectivity index (χ1n) is 9.66. The van der Waals surface area contributed by atoms with E-state index in [1.807, 2.05) is 18.7 Å². The highest BCUT2D eigenvalue weighted by Gasteiger charge is 2.42. The zero-order valence-corrected chi connectivity index (χ0v) is 15.9. The Labute approximate surface area is 152 Å². The first-order valence-corrected chi connectivity index (χ1v) is 9.66. The molecule has 1 aromatic rings. The van der Waals surface area contributed by atoms with E-state index in [0.717, 1.165) is 51.9 Å². The van der Waals surface area contributed by atoms with Crippen molar-refractivity contribution < 1.29 is 9.53 Å². The molecule has 2 aliphatic rings. The second kappa shape index (κ2) is 7.88. The maximum absolute atomic E-state index is 12.2. The average molecular weight is 344 g/mol. The highest BCUT2D eigenvalue weighted by Crippen LogP contribution is 2.37. The number of likely N-dealkylation sites (tertiary alicyclic amines) is 1. The van der Waals surface area contributed by atoms with Crippen molar-refractivity contribution in [3.63, 3.8) is 0 Å². The lowest BCUT2D eigenvalue weighted by Crippen LogP contribution is -2.54. The van der Waals surface area contributed by atoms with Crippen molar-refractivity contribution in [2.45, 2.75) is 57.7 Å². The Balaban J connectivity index is 1.57. The molecule has 1 spiro atoms. The van der Waals surface area contributed by atoms with Crippen LogP contribution in [0.5, 0.6) is 0 Å². The fourth-order valence-corrected chi connectivity index (χ4v) is 4.23. The van der Waals surface area contributed by atoms with Crippen LogP contribution in [-0.2, 0) is 16.1 Å². The summed E-state index contributed by atoms with van der Waals surface area (Å²) in [7, 11) is 2.23. The predicted molar refractivity (Wildman–Crippen MR) is 100 cm³/mol.